The highest BCUT2D eigenvalue weighted by Gasteiger charge is 2.34. The Hall–Kier alpha value is -1.50. The smallest absolute Gasteiger partial charge is 0.401 e. The molecule has 2 N–H and O–H groups in total. The van der Waals surface area contributed by atoms with Gasteiger partial charge >= 0.3 is 6.36 Å². The van der Waals surface area contributed by atoms with E-state index in [-0.39, 0.29) is 0 Å². The normalized spacial score (nSPS) is 11.2. The monoisotopic (exact) mass is 240 g/mol. The molecule has 0 unspecified atom stereocenters. The highest BCUT2D eigenvalue weighted by Crippen LogP contribution is 2.31. The van der Waals surface area contributed by atoms with Crippen LogP contribution in [-0.2, 0) is 0 Å². The molecule has 4 nitrogen and oxygen atoms in total. The first-order valence-electron chi connectivity index (χ1n) is 3.51. The van der Waals surface area contributed by atoms with Gasteiger partial charge in [0.15, 0.2) is 11.6 Å². The number of carbonyl (C=O) groups is 1. The minimum Gasteiger partial charge on any atom is -0.401 e. The van der Waals surface area contributed by atoms with Crippen molar-refractivity contribution >= 4 is 22.7 Å². The van der Waals surface area contributed by atoms with Crippen LogP contribution in [0.1, 0.15) is 10.4 Å². The number of pyridine rings is 1. The van der Waals surface area contributed by atoms with Crippen LogP contribution in [0.2, 0.25) is 0 Å². The van der Waals surface area contributed by atoms with Gasteiger partial charge in [-0.2, -0.15) is 0 Å². The summed E-state index contributed by atoms with van der Waals surface area (Å²) in [6.45, 7) is 0. The number of rotatable bonds is 2. The number of nitrogens with zero attached hydrogens (tertiary/aromatic N) is 1. The topological polar surface area (TPSA) is 65.2 Å². The summed E-state index contributed by atoms with van der Waals surface area (Å²) in [5.74, 6) is -1.44. The van der Waals surface area contributed by atoms with Crippen LogP contribution in [0.4, 0.5) is 19.0 Å². The molecule has 1 aromatic heterocycles. The summed E-state index contributed by atoms with van der Waals surface area (Å²) < 4.78 is 39.2. The standard InChI is InChI=1S/C7H4ClF3N2O2/c8-5(14)3-1-2-13-6(12)4(3)15-7(9,10)11/h1-2H,(H2,12,13). The number of aromatic nitrogens is 1. The number of hydrogen-bond donors (Lipinski definition) is 1. The Labute approximate surface area is 86.8 Å². The van der Waals surface area contributed by atoms with Gasteiger partial charge in [0.05, 0.1) is 5.56 Å². The van der Waals surface area contributed by atoms with Gasteiger partial charge in [0.25, 0.3) is 5.24 Å². The van der Waals surface area contributed by atoms with E-state index in [4.69, 9.17) is 17.3 Å². The number of halogens is 4. The SMILES string of the molecule is Nc1nccc(C(=O)Cl)c1OC(F)(F)F. The lowest BCUT2D eigenvalue weighted by molar-refractivity contribution is -0.274. The molecular formula is C7H4ClF3N2O2. The quantitative estimate of drug-likeness (QED) is 0.803. The lowest BCUT2D eigenvalue weighted by Gasteiger charge is -2.12. The molecule has 0 saturated carbocycles. The summed E-state index contributed by atoms with van der Waals surface area (Å²) in [4.78, 5) is 14.1. The van der Waals surface area contributed by atoms with Crippen LogP contribution in [-0.4, -0.2) is 16.6 Å². The van der Waals surface area contributed by atoms with Gasteiger partial charge in [-0.15, -0.1) is 13.2 Å². The molecule has 0 saturated heterocycles. The molecule has 0 radical (unpaired) electrons. The summed E-state index contributed by atoms with van der Waals surface area (Å²) >= 11 is 5.04. The molecule has 0 atom stereocenters. The van der Waals surface area contributed by atoms with Crippen molar-refractivity contribution < 1.29 is 22.7 Å². The second-order valence-electron chi connectivity index (χ2n) is 2.39. The third-order valence-corrected chi connectivity index (χ3v) is 1.57. The van der Waals surface area contributed by atoms with Gasteiger partial charge in [0.2, 0.25) is 0 Å². The largest absolute Gasteiger partial charge is 0.573 e. The van der Waals surface area contributed by atoms with E-state index in [0.29, 0.717) is 0 Å². The number of anilines is 1. The van der Waals surface area contributed by atoms with E-state index >= 15 is 0 Å². The molecule has 1 heterocycles. The number of nitrogen functional groups attached to an aromatic ring is 1. The van der Waals surface area contributed by atoms with Crippen LogP contribution in [0.3, 0.4) is 0 Å². The molecule has 0 aliphatic carbocycles. The zero-order chi connectivity index (χ0) is 11.6. The maximum absolute atomic E-state index is 11.9. The zero-order valence-electron chi connectivity index (χ0n) is 7.01. The minimum atomic E-state index is -4.96. The van der Waals surface area contributed by atoms with Gasteiger partial charge in [0, 0.05) is 6.20 Å². The van der Waals surface area contributed by atoms with Gasteiger partial charge in [0.1, 0.15) is 0 Å². The van der Waals surface area contributed by atoms with E-state index in [1.807, 2.05) is 0 Å². The van der Waals surface area contributed by atoms with Gasteiger partial charge in [-0.25, -0.2) is 4.98 Å². The van der Waals surface area contributed by atoms with Crippen LogP contribution in [0.5, 0.6) is 5.75 Å². The van der Waals surface area contributed by atoms with Crippen LogP contribution < -0.4 is 10.5 Å². The molecule has 0 aliphatic rings. The van der Waals surface area contributed by atoms with E-state index in [1.165, 1.54) is 0 Å². The number of hydrogen-bond acceptors (Lipinski definition) is 4. The Balaban J connectivity index is 3.19. The highest BCUT2D eigenvalue weighted by atomic mass is 35.5. The third kappa shape index (κ3) is 2.98. The summed E-state index contributed by atoms with van der Waals surface area (Å²) in [6, 6.07) is 0.979. The molecule has 82 valence electrons. The lowest BCUT2D eigenvalue weighted by Crippen LogP contribution is -2.20. The summed E-state index contributed by atoms with van der Waals surface area (Å²) in [7, 11) is 0. The molecule has 1 rings (SSSR count). The van der Waals surface area contributed by atoms with Gasteiger partial charge in [-0.1, -0.05) is 0 Å². The van der Waals surface area contributed by atoms with Crippen LogP contribution in [0.25, 0.3) is 0 Å². The first-order valence-corrected chi connectivity index (χ1v) is 3.89. The van der Waals surface area contributed by atoms with E-state index < -0.39 is 28.7 Å². The van der Waals surface area contributed by atoms with E-state index in [0.717, 1.165) is 12.3 Å². The molecule has 0 aliphatic heterocycles. The van der Waals surface area contributed by atoms with E-state index in [2.05, 4.69) is 9.72 Å². The van der Waals surface area contributed by atoms with Crippen molar-refractivity contribution in [2.45, 2.75) is 6.36 Å². The number of alkyl halides is 3. The van der Waals surface area contributed by atoms with Crippen molar-refractivity contribution in [3.05, 3.63) is 17.8 Å². The van der Waals surface area contributed by atoms with Crippen molar-refractivity contribution in [2.75, 3.05) is 5.73 Å². The third-order valence-electron chi connectivity index (χ3n) is 1.36. The van der Waals surface area contributed by atoms with Crippen molar-refractivity contribution in [2.24, 2.45) is 0 Å². The Bertz CT molecular complexity index is 394. The van der Waals surface area contributed by atoms with Crippen molar-refractivity contribution in [1.29, 1.82) is 0 Å². The van der Waals surface area contributed by atoms with Crippen LogP contribution >= 0.6 is 11.6 Å². The van der Waals surface area contributed by atoms with Crippen LogP contribution in [0.15, 0.2) is 12.3 Å². The molecule has 0 spiro atoms. The Morgan fingerprint density at radius 2 is 2.13 bits per heavy atom. The first-order chi connectivity index (χ1) is 6.81. The van der Waals surface area contributed by atoms with E-state index in [1.54, 1.807) is 0 Å². The van der Waals surface area contributed by atoms with Crippen molar-refractivity contribution in [3.8, 4) is 5.75 Å². The number of carbonyl (C=O) groups excluding carboxylic acids is 1. The molecule has 0 aromatic carbocycles. The number of nitrogens with two attached hydrogens (primary N) is 1. The molecule has 1 aromatic rings. The van der Waals surface area contributed by atoms with Gasteiger partial charge in [-0.3, -0.25) is 4.79 Å². The second-order valence-corrected chi connectivity index (χ2v) is 2.74. The van der Waals surface area contributed by atoms with Crippen molar-refractivity contribution in [3.63, 3.8) is 0 Å². The van der Waals surface area contributed by atoms with Gasteiger partial charge < -0.3 is 10.5 Å². The van der Waals surface area contributed by atoms with Gasteiger partial charge in [-0.05, 0) is 17.7 Å². The molecule has 0 bridgehead atoms. The predicted molar refractivity (Wildman–Crippen MR) is 45.5 cm³/mol. The highest BCUT2D eigenvalue weighted by molar-refractivity contribution is 6.68. The summed E-state index contributed by atoms with van der Waals surface area (Å²) in [5.41, 5.74) is 4.63. The Kier molecular flexibility index (Phi) is 3.04. The maximum atomic E-state index is 11.9. The second kappa shape index (κ2) is 3.93. The fourth-order valence-electron chi connectivity index (χ4n) is 0.842. The summed E-state index contributed by atoms with van der Waals surface area (Å²) in [5, 5.41) is -1.11. The Morgan fingerprint density at radius 1 is 1.53 bits per heavy atom. The average molecular weight is 241 g/mol. The lowest BCUT2D eigenvalue weighted by atomic mass is 10.2. The maximum Gasteiger partial charge on any atom is 0.573 e. The van der Waals surface area contributed by atoms with E-state index in [9.17, 15) is 18.0 Å². The molecule has 15 heavy (non-hydrogen) atoms. The predicted octanol–water partition coefficient (Wildman–Crippen LogP) is 1.94. The average Bonchev–Trinajstić information content (AvgIpc) is 2.05. The fourth-order valence-corrected chi connectivity index (χ4v) is 0.991. The molecular weight excluding hydrogens is 237 g/mol. The Morgan fingerprint density at radius 3 is 2.60 bits per heavy atom. The fraction of sp³-hybridized carbons (Fsp3) is 0.143. The van der Waals surface area contributed by atoms with Crippen molar-refractivity contribution in [1.82, 2.24) is 4.98 Å². The molecule has 0 amide bonds. The van der Waals surface area contributed by atoms with Crippen LogP contribution in [0, 0.1) is 0 Å². The minimum absolute atomic E-state index is 0.485. The summed E-state index contributed by atoms with van der Waals surface area (Å²) in [6.07, 6.45) is -3.91. The molecule has 8 heteroatoms. The first kappa shape index (κ1) is 11.6. The zero-order valence-corrected chi connectivity index (χ0v) is 7.76. The number of ether oxygens (including phenoxy) is 1. The molecule has 0 fully saturated rings.